The van der Waals surface area contributed by atoms with Gasteiger partial charge in [-0.15, -0.1) is 0 Å². The molecule has 0 saturated heterocycles. The molecule has 0 radical (unpaired) electrons. The maximum absolute atomic E-state index is 11.4. The van der Waals surface area contributed by atoms with Gasteiger partial charge >= 0.3 is 0 Å². The van der Waals surface area contributed by atoms with Crippen molar-refractivity contribution in [2.45, 2.75) is 39.7 Å². The standard InChI is InChI=1S/C78H61N4OSi/c1-52-44-75(79-50-53(52)2)82-72-39-21-20-36-66(72)67-42-40-58(48-73(67)82)83-57-27-22-26-56(47-57)80-51-81-76-68(37-23-38-71(76)78(3,4)5)69-49-62(84(59-28-12-7-13-29-59,60-30-14-8-15-31-60)61-32-16-9-17-33-61)41-43-65(69)63-34-18-19-35-64(63)70-45-55(46-74(80)77(70)81)54-24-10-6-11-25-54/h6-51H,1-5H3/q+1/i1D3,2D3,3D3,4D3,5D3,6D,7D,8D,9D,10D,11D,12D,13D,14D,15D,16D,17D,18D,19D,24D,25D,28D,29D,30D,31D,32D,33D,34D,35D,41D,43D,49D. The van der Waals surface area contributed by atoms with Crippen LogP contribution in [0.15, 0.2) is 279 Å². The van der Waals surface area contributed by atoms with Gasteiger partial charge in [-0.1, -0.05) is 226 Å². The number of rotatable bonds is 9. The van der Waals surface area contributed by atoms with Crippen molar-refractivity contribution < 1.29 is 66.9 Å². The molecule has 402 valence electrons. The summed E-state index contributed by atoms with van der Waals surface area (Å²) in [4.78, 5) is 4.47. The first kappa shape index (κ1) is 23.2. The summed E-state index contributed by atoms with van der Waals surface area (Å²) in [6.45, 7) is -18.9. The van der Waals surface area contributed by atoms with Crippen LogP contribution < -0.4 is 30.1 Å². The van der Waals surface area contributed by atoms with E-state index in [1.807, 2.05) is 0 Å². The Morgan fingerprint density at radius 1 is 0.488 bits per heavy atom. The highest BCUT2D eigenvalue weighted by molar-refractivity contribution is 7.20. The smallest absolute Gasteiger partial charge is 0.255 e. The van der Waals surface area contributed by atoms with E-state index in [4.69, 9.17) is 21.2 Å². The maximum atomic E-state index is 11.4. The molecule has 4 heterocycles. The van der Waals surface area contributed by atoms with Crippen LogP contribution in [0, 0.1) is 13.7 Å². The van der Waals surface area contributed by atoms with Gasteiger partial charge in [-0.2, -0.15) is 9.13 Å². The SMILES string of the molecule is [2H]c1c([2H])c([2H])c(-c2cc3c4c(c2)n(-c2cccc(Oc5ccc6c7ccccc7n(-c7cc(C([2H])([2H])[2H])c(C([2H])([2H])[2H])cn7)c6c5)c2)c[n+]4-c2c(cccc2C(C([2H])([2H])[2H])(C([2H])([2H])[2H])C([2H])([2H])[2H])-c2c([2H])c([Si](c4c([2H])c([2H])c([2H])c([2H])c4[2H])(c4c([2H])c([2H])c([2H])c([2H])c4[2H])c4c([2H])c([2H])c([2H])c([2H])c4[2H])c([2H])c([2H])c2-c2c([2H])c([2H])c([2H])c([2H])c2-3)c([2H])c1[2H]. The van der Waals surface area contributed by atoms with Gasteiger partial charge in [0.05, 0.1) is 48.0 Å². The third-order valence-electron chi connectivity index (χ3n) is 14.7. The monoisotopic (exact) mass is 1140 g/mol. The van der Waals surface area contributed by atoms with E-state index < -0.39 is 304 Å². The quantitative estimate of drug-likeness (QED) is 0.0820. The molecular formula is C78H61N4OSi+. The van der Waals surface area contributed by atoms with Gasteiger partial charge in [0.2, 0.25) is 0 Å². The Bertz CT molecular complexity index is 6840. The van der Waals surface area contributed by atoms with Crippen molar-refractivity contribution in [2.75, 3.05) is 0 Å². The second kappa shape index (κ2) is 20.1. The first-order valence-electron chi connectivity index (χ1n) is 46.6. The lowest BCUT2D eigenvalue weighted by Crippen LogP contribution is -2.74. The van der Waals surface area contributed by atoms with E-state index in [0.717, 1.165) is 47.4 Å². The lowest BCUT2D eigenvalue weighted by atomic mass is 9.82. The molecule has 6 heteroatoms. The number of benzene rings is 11. The van der Waals surface area contributed by atoms with Crippen LogP contribution in [-0.4, -0.2) is 22.2 Å². The summed E-state index contributed by atoms with van der Waals surface area (Å²) in [7, 11) is -6.91. The van der Waals surface area contributed by atoms with Gasteiger partial charge in [-0.05, 0) is 133 Å². The fraction of sp³-hybridized carbons (Fsp3) is 0.0769. The molecule has 0 amide bonds. The van der Waals surface area contributed by atoms with Crippen molar-refractivity contribution in [2.24, 2.45) is 0 Å². The molecule has 11 aromatic carbocycles. The summed E-state index contributed by atoms with van der Waals surface area (Å²) in [6, 6.07) is -11.0. The van der Waals surface area contributed by atoms with Crippen LogP contribution in [-0.2, 0) is 5.41 Å². The second-order valence-corrected chi connectivity index (χ2v) is 22.9. The van der Waals surface area contributed by atoms with Crippen molar-refractivity contribution in [1.82, 2.24) is 14.1 Å². The average molecular weight is 1140 g/mol. The summed E-state index contributed by atoms with van der Waals surface area (Å²) in [5.41, 5.74) is -14.7. The summed E-state index contributed by atoms with van der Waals surface area (Å²) in [6.07, 6.45) is 1.99. The molecule has 5 nitrogen and oxygen atoms in total. The Hall–Kier alpha value is -10.1. The summed E-state index contributed by atoms with van der Waals surface area (Å²) in [5, 5.41) is -4.21. The van der Waals surface area contributed by atoms with Gasteiger partial charge in [0, 0.05) is 66.4 Å². The zero-order valence-corrected chi connectivity index (χ0v) is 44.2. The van der Waals surface area contributed by atoms with Crippen LogP contribution in [0.5, 0.6) is 11.5 Å². The minimum atomic E-state index is -6.91. The van der Waals surface area contributed by atoms with E-state index in [-0.39, 0.29) is 28.5 Å². The molecule has 0 bridgehead atoms. The molecule has 0 fully saturated rings. The topological polar surface area (TPSA) is 35.9 Å². The number of nitrogens with zero attached hydrogens (tertiary/aromatic N) is 4. The van der Waals surface area contributed by atoms with Gasteiger partial charge in [0.15, 0.2) is 19.1 Å². The highest BCUT2D eigenvalue weighted by Crippen LogP contribution is 2.47. The first-order chi connectivity index (χ1) is 58.5. The summed E-state index contributed by atoms with van der Waals surface area (Å²) < 4.78 is 406. The predicted octanol–water partition coefficient (Wildman–Crippen LogP) is 16.5. The van der Waals surface area contributed by atoms with Gasteiger partial charge in [0.25, 0.3) is 6.33 Å². The van der Waals surface area contributed by atoms with E-state index in [1.54, 1.807) is 41.0 Å². The van der Waals surface area contributed by atoms with Crippen molar-refractivity contribution in [3.05, 3.63) is 295 Å². The lowest BCUT2D eigenvalue weighted by Gasteiger charge is -2.35. The minimum Gasteiger partial charge on any atom is -0.457 e. The molecule has 0 unspecified atom stereocenters. The van der Waals surface area contributed by atoms with Crippen molar-refractivity contribution in [3.8, 4) is 73.2 Å². The number of hydrogen-bond acceptors (Lipinski definition) is 2. The van der Waals surface area contributed by atoms with Crippen LogP contribution in [0.3, 0.4) is 0 Å². The number of pyridine rings is 1. The van der Waals surface area contributed by atoms with Crippen LogP contribution in [0.4, 0.5) is 0 Å². The Morgan fingerprint density at radius 2 is 1.13 bits per heavy atom. The first-order valence-corrected chi connectivity index (χ1v) is 27.6. The maximum Gasteiger partial charge on any atom is 0.255 e. The van der Waals surface area contributed by atoms with Gasteiger partial charge in [-0.3, -0.25) is 4.57 Å². The van der Waals surface area contributed by atoms with E-state index in [1.165, 1.54) is 41.0 Å². The molecule has 0 N–H and O–H groups in total. The van der Waals surface area contributed by atoms with Crippen molar-refractivity contribution in [1.29, 1.82) is 0 Å². The highest BCUT2D eigenvalue weighted by atomic mass is 28.3. The van der Waals surface area contributed by atoms with E-state index in [0.29, 0.717) is 21.8 Å². The average Bonchev–Trinajstić information content (AvgIpc) is 0.990. The normalized spacial score (nSPS) is 20.0. The fourth-order valence-electron chi connectivity index (χ4n) is 11.1. The Balaban J connectivity index is 1.18. The van der Waals surface area contributed by atoms with Crippen molar-refractivity contribution in [3.63, 3.8) is 0 Å². The van der Waals surface area contributed by atoms with Gasteiger partial charge in [-0.25, -0.2) is 4.98 Å². The molecule has 0 saturated carbocycles. The van der Waals surface area contributed by atoms with Crippen LogP contribution in [0.1, 0.15) is 94.8 Å². The fourth-order valence-corrected chi connectivity index (χ4v) is 14.7. The summed E-state index contributed by atoms with van der Waals surface area (Å²) in [5.74, 6) is -0.0909. The molecule has 84 heavy (non-hydrogen) atoms. The van der Waals surface area contributed by atoms with Crippen LogP contribution in [0.25, 0.3) is 94.5 Å². The van der Waals surface area contributed by atoms with E-state index in [9.17, 15) is 41.1 Å². The largest absolute Gasteiger partial charge is 0.457 e. The minimum absolute atomic E-state index is 0.0276. The Morgan fingerprint density at radius 3 is 1.85 bits per heavy atom. The third-order valence-corrected chi connectivity index (χ3v) is 18.7. The number of hydrogen-bond donors (Lipinski definition) is 0. The second-order valence-electron chi connectivity index (χ2n) is 19.4. The molecule has 0 atom stereocenters. The number of fused-ring (bicyclic) bond motifs is 10. The number of ether oxygens (including phenoxy) is 1. The van der Waals surface area contributed by atoms with E-state index >= 15 is 0 Å². The Kier molecular flexibility index (Phi) is 5.56. The number of aryl methyl sites for hydroxylation is 2. The molecule has 3 aromatic heterocycles. The third kappa shape index (κ3) is 8.27. The molecule has 1 aliphatic rings. The lowest BCUT2D eigenvalue weighted by molar-refractivity contribution is -0.567. The summed E-state index contributed by atoms with van der Waals surface area (Å²) >= 11 is 0. The highest BCUT2D eigenvalue weighted by Gasteiger charge is 2.43. The van der Waals surface area contributed by atoms with Crippen LogP contribution in [0.2, 0.25) is 0 Å². The van der Waals surface area contributed by atoms with Crippen LogP contribution >= 0.6 is 0 Å². The molecule has 15 rings (SSSR count). The molecular weight excluding hydrogens is 1040 g/mol. The van der Waals surface area contributed by atoms with Gasteiger partial charge in [0.1, 0.15) is 28.7 Å². The zero-order chi connectivity index (χ0) is 92.7. The molecule has 1 aliphatic heterocycles. The number of para-hydroxylation sites is 2. The number of imidazole rings is 1. The van der Waals surface area contributed by atoms with E-state index in [2.05, 4.69) is 4.98 Å². The molecule has 0 spiro atoms. The Labute approximate surface area is 550 Å². The molecule has 0 aliphatic carbocycles. The number of aromatic nitrogens is 4. The zero-order valence-electron chi connectivity index (χ0n) is 85.2. The van der Waals surface area contributed by atoms with Crippen molar-refractivity contribution >= 4 is 61.7 Å². The predicted molar refractivity (Wildman–Crippen MR) is 351 cm³/mol. The van der Waals surface area contributed by atoms with Gasteiger partial charge < -0.3 is 4.74 Å². The molecule has 14 aromatic rings.